The number of carbonyl (C=O) groups excluding carboxylic acids is 1. The predicted octanol–water partition coefficient (Wildman–Crippen LogP) is 2.58. The van der Waals surface area contributed by atoms with E-state index >= 15 is 0 Å². The third kappa shape index (κ3) is 3.36. The molecular weight excluding hydrogens is 339 g/mol. The van der Waals surface area contributed by atoms with Gasteiger partial charge in [-0.2, -0.15) is 18.3 Å². The summed E-state index contributed by atoms with van der Waals surface area (Å²) in [7, 11) is 0. The number of carboxylic acid groups (broad SMARTS) is 1. The number of carboxylic acids is 1. The SMILES string of the molecule is CCc1c(C(=O)N2CCC(C(=O)O)(C(F)(F)F)C2)cnn1CC(C)C. The van der Waals surface area contributed by atoms with Crippen molar-refractivity contribution in [2.45, 2.75) is 46.3 Å². The normalized spacial score (nSPS) is 21.2. The molecule has 0 spiro atoms. The summed E-state index contributed by atoms with van der Waals surface area (Å²) in [5.74, 6) is -2.24. The molecule has 1 aromatic rings. The van der Waals surface area contributed by atoms with Crippen LogP contribution in [0.2, 0.25) is 0 Å². The largest absolute Gasteiger partial charge is 0.481 e. The van der Waals surface area contributed by atoms with E-state index in [0.717, 1.165) is 4.90 Å². The topological polar surface area (TPSA) is 75.4 Å². The van der Waals surface area contributed by atoms with Gasteiger partial charge in [0.25, 0.3) is 5.91 Å². The number of hydrogen-bond donors (Lipinski definition) is 1. The summed E-state index contributed by atoms with van der Waals surface area (Å²) >= 11 is 0. The van der Waals surface area contributed by atoms with Crippen LogP contribution < -0.4 is 0 Å². The minimum Gasteiger partial charge on any atom is -0.481 e. The second-order valence-corrected chi connectivity index (χ2v) is 6.80. The molecule has 2 rings (SSSR count). The summed E-state index contributed by atoms with van der Waals surface area (Å²) in [5.41, 5.74) is -2.01. The molecule has 25 heavy (non-hydrogen) atoms. The molecule has 1 aliphatic heterocycles. The van der Waals surface area contributed by atoms with Gasteiger partial charge in [-0.3, -0.25) is 14.3 Å². The lowest BCUT2D eigenvalue weighted by Crippen LogP contribution is -2.47. The Morgan fingerprint density at radius 1 is 1.40 bits per heavy atom. The van der Waals surface area contributed by atoms with Crippen LogP contribution in [0.3, 0.4) is 0 Å². The third-order valence-corrected chi connectivity index (χ3v) is 4.56. The standard InChI is InChI=1S/C16H22F3N3O3/c1-4-12-11(7-20-22(12)8-10(2)3)13(23)21-6-5-15(9-21,14(24)25)16(17,18)19/h7,10H,4-6,8-9H2,1-3H3,(H,24,25). The minimum atomic E-state index is -4.91. The highest BCUT2D eigenvalue weighted by atomic mass is 19.4. The van der Waals surface area contributed by atoms with Gasteiger partial charge in [0.1, 0.15) is 0 Å². The first kappa shape index (κ1) is 19.3. The Kier molecular flexibility index (Phi) is 5.15. The smallest absolute Gasteiger partial charge is 0.406 e. The van der Waals surface area contributed by atoms with Crippen molar-refractivity contribution in [2.75, 3.05) is 13.1 Å². The highest BCUT2D eigenvalue weighted by Crippen LogP contribution is 2.46. The Morgan fingerprint density at radius 2 is 2.04 bits per heavy atom. The first-order chi connectivity index (χ1) is 11.5. The molecule has 0 saturated carbocycles. The van der Waals surface area contributed by atoms with E-state index in [2.05, 4.69) is 5.10 Å². The lowest BCUT2D eigenvalue weighted by atomic mass is 9.86. The molecule has 0 aliphatic carbocycles. The third-order valence-electron chi connectivity index (χ3n) is 4.56. The van der Waals surface area contributed by atoms with Crippen molar-refractivity contribution in [2.24, 2.45) is 11.3 Å². The maximum Gasteiger partial charge on any atom is 0.406 e. The second kappa shape index (κ2) is 6.68. The summed E-state index contributed by atoms with van der Waals surface area (Å²) in [6, 6.07) is 0. The van der Waals surface area contributed by atoms with Crippen molar-refractivity contribution in [1.82, 2.24) is 14.7 Å². The molecule has 0 aromatic carbocycles. The van der Waals surface area contributed by atoms with Gasteiger partial charge in [-0.05, 0) is 18.8 Å². The van der Waals surface area contributed by atoms with E-state index in [1.54, 1.807) is 4.68 Å². The monoisotopic (exact) mass is 361 g/mol. The Hall–Kier alpha value is -2.06. The van der Waals surface area contributed by atoms with Crippen molar-refractivity contribution in [1.29, 1.82) is 0 Å². The Bertz CT molecular complexity index is 669. The molecule has 1 amide bonds. The Labute approximate surface area is 143 Å². The molecule has 140 valence electrons. The highest BCUT2D eigenvalue weighted by molar-refractivity contribution is 5.96. The van der Waals surface area contributed by atoms with Crippen LogP contribution in [0.25, 0.3) is 0 Å². The van der Waals surface area contributed by atoms with E-state index in [9.17, 15) is 22.8 Å². The molecular formula is C16H22F3N3O3. The lowest BCUT2D eigenvalue weighted by Gasteiger charge is -2.27. The number of aromatic nitrogens is 2. The van der Waals surface area contributed by atoms with Gasteiger partial charge in [0.2, 0.25) is 0 Å². The summed E-state index contributed by atoms with van der Waals surface area (Å²) in [5, 5.41) is 13.3. The number of hydrogen-bond acceptors (Lipinski definition) is 3. The van der Waals surface area contributed by atoms with Crippen molar-refractivity contribution < 1.29 is 27.9 Å². The van der Waals surface area contributed by atoms with Gasteiger partial charge in [0.15, 0.2) is 5.41 Å². The molecule has 1 fully saturated rings. The van der Waals surface area contributed by atoms with Gasteiger partial charge in [-0.25, -0.2) is 0 Å². The molecule has 1 aliphatic rings. The molecule has 1 saturated heterocycles. The number of nitrogens with zero attached hydrogens (tertiary/aromatic N) is 3. The van der Waals surface area contributed by atoms with Crippen LogP contribution >= 0.6 is 0 Å². The van der Waals surface area contributed by atoms with Crippen molar-refractivity contribution >= 4 is 11.9 Å². The number of aliphatic carboxylic acids is 1. The van der Waals surface area contributed by atoms with E-state index in [1.807, 2.05) is 20.8 Å². The van der Waals surface area contributed by atoms with E-state index in [1.165, 1.54) is 6.20 Å². The number of rotatable bonds is 5. The predicted molar refractivity (Wildman–Crippen MR) is 83.1 cm³/mol. The van der Waals surface area contributed by atoms with Crippen LogP contribution in [0.15, 0.2) is 6.20 Å². The van der Waals surface area contributed by atoms with E-state index in [4.69, 9.17) is 5.11 Å². The summed E-state index contributed by atoms with van der Waals surface area (Å²) in [4.78, 5) is 24.9. The molecule has 6 nitrogen and oxygen atoms in total. The molecule has 0 bridgehead atoms. The van der Waals surface area contributed by atoms with E-state index < -0.39 is 36.4 Å². The first-order valence-corrected chi connectivity index (χ1v) is 8.17. The maximum atomic E-state index is 13.3. The zero-order valence-corrected chi connectivity index (χ0v) is 14.4. The lowest BCUT2D eigenvalue weighted by molar-refractivity contribution is -0.227. The molecule has 0 radical (unpaired) electrons. The quantitative estimate of drug-likeness (QED) is 0.875. The highest BCUT2D eigenvalue weighted by Gasteiger charge is 2.64. The minimum absolute atomic E-state index is 0.242. The molecule has 1 atom stereocenters. The van der Waals surface area contributed by atoms with Gasteiger partial charge >= 0.3 is 12.1 Å². The average molecular weight is 361 g/mol. The maximum absolute atomic E-state index is 13.3. The summed E-state index contributed by atoms with van der Waals surface area (Å²) < 4.78 is 41.5. The molecule has 2 heterocycles. The number of alkyl halides is 3. The zero-order chi connectivity index (χ0) is 19.0. The summed E-state index contributed by atoms with van der Waals surface area (Å²) in [6.45, 7) is 5.30. The van der Waals surface area contributed by atoms with Crippen molar-refractivity contribution in [3.05, 3.63) is 17.5 Å². The Balaban J connectivity index is 2.28. The molecule has 1 aromatic heterocycles. The number of halogens is 3. The Morgan fingerprint density at radius 3 is 2.48 bits per heavy atom. The van der Waals surface area contributed by atoms with E-state index in [-0.39, 0.29) is 12.1 Å². The van der Waals surface area contributed by atoms with Crippen molar-refractivity contribution in [3.8, 4) is 0 Å². The molecule has 9 heteroatoms. The summed E-state index contributed by atoms with van der Waals surface area (Å²) in [6.07, 6.45) is -3.69. The average Bonchev–Trinajstić information content (AvgIpc) is 3.09. The van der Waals surface area contributed by atoms with Crippen LogP contribution in [0, 0.1) is 11.3 Å². The number of amides is 1. The number of likely N-dealkylation sites (tertiary alicyclic amines) is 1. The van der Waals surface area contributed by atoms with Gasteiger partial charge in [-0.15, -0.1) is 0 Å². The van der Waals surface area contributed by atoms with Crippen LogP contribution in [0.1, 0.15) is 43.2 Å². The zero-order valence-electron chi connectivity index (χ0n) is 14.4. The fourth-order valence-corrected chi connectivity index (χ4v) is 3.15. The van der Waals surface area contributed by atoms with Crippen LogP contribution in [0.5, 0.6) is 0 Å². The molecule has 1 unspecified atom stereocenters. The first-order valence-electron chi connectivity index (χ1n) is 8.17. The fourth-order valence-electron chi connectivity index (χ4n) is 3.15. The van der Waals surface area contributed by atoms with Crippen LogP contribution in [-0.2, 0) is 17.8 Å². The molecule has 1 N–H and O–H groups in total. The second-order valence-electron chi connectivity index (χ2n) is 6.80. The van der Waals surface area contributed by atoms with Crippen molar-refractivity contribution in [3.63, 3.8) is 0 Å². The van der Waals surface area contributed by atoms with Gasteiger partial charge in [0.05, 0.1) is 17.5 Å². The fraction of sp³-hybridized carbons (Fsp3) is 0.688. The van der Waals surface area contributed by atoms with E-state index in [0.29, 0.717) is 24.6 Å². The van der Waals surface area contributed by atoms with Gasteiger partial charge in [0, 0.05) is 19.6 Å². The van der Waals surface area contributed by atoms with Gasteiger partial charge in [-0.1, -0.05) is 20.8 Å². The van der Waals surface area contributed by atoms with Gasteiger partial charge < -0.3 is 10.0 Å². The van der Waals surface area contributed by atoms with Crippen LogP contribution in [0.4, 0.5) is 13.2 Å². The van der Waals surface area contributed by atoms with Crippen LogP contribution in [-0.4, -0.2) is 50.9 Å². The number of carbonyl (C=O) groups is 2.